The van der Waals surface area contributed by atoms with Gasteiger partial charge < -0.3 is 8.82 Å². The SMILES string of the molecule is c1ccc(-c2nc(-c3ccccc3)nc(-c3cccc(-c4cccc5c4oc4cc6c7ccccc7n7c8ccccc8c(c45)c67)c3)n2)cc1. The lowest BCUT2D eigenvalue weighted by Gasteiger charge is -2.10. The van der Waals surface area contributed by atoms with Crippen molar-refractivity contribution in [2.24, 2.45) is 0 Å². The highest BCUT2D eigenvalue weighted by molar-refractivity contribution is 6.35. The van der Waals surface area contributed by atoms with E-state index in [4.69, 9.17) is 19.4 Å². The fourth-order valence-corrected chi connectivity index (χ4v) is 7.79. The van der Waals surface area contributed by atoms with Crippen molar-refractivity contribution in [3.8, 4) is 45.3 Å². The Morgan fingerprint density at radius 3 is 1.66 bits per heavy atom. The summed E-state index contributed by atoms with van der Waals surface area (Å²) in [6, 6.07) is 54.7. The maximum Gasteiger partial charge on any atom is 0.164 e. The Kier molecular flexibility index (Phi) is 5.60. The summed E-state index contributed by atoms with van der Waals surface area (Å²) < 4.78 is 9.31. The molecular weight excluding hydrogens is 613 g/mol. The van der Waals surface area contributed by atoms with Crippen LogP contribution < -0.4 is 0 Å². The highest BCUT2D eigenvalue weighted by Crippen LogP contribution is 2.47. The molecule has 5 nitrogen and oxygen atoms in total. The average Bonchev–Trinajstić information content (AvgIpc) is 3.85. The van der Waals surface area contributed by atoms with Gasteiger partial charge in [-0.3, -0.25) is 0 Å². The van der Waals surface area contributed by atoms with Crippen molar-refractivity contribution in [1.82, 2.24) is 19.4 Å². The van der Waals surface area contributed by atoms with Crippen LogP contribution in [0.3, 0.4) is 0 Å². The van der Waals surface area contributed by atoms with Gasteiger partial charge in [0.2, 0.25) is 0 Å². The minimum Gasteiger partial charge on any atom is -0.455 e. The third-order valence-electron chi connectivity index (χ3n) is 9.96. The molecule has 0 bridgehead atoms. The predicted molar refractivity (Wildman–Crippen MR) is 204 cm³/mol. The molecule has 50 heavy (non-hydrogen) atoms. The lowest BCUT2D eigenvalue weighted by Crippen LogP contribution is -2.00. The molecule has 0 amide bonds. The Labute approximate surface area is 286 Å². The van der Waals surface area contributed by atoms with Crippen LogP contribution in [-0.2, 0) is 0 Å². The molecule has 0 saturated heterocycles. The van der Waals surface area contributed by atoms with Crippen LogP contribution in [-0.4, -0.2) is 19.4 Å². The van der Waals surface area contributed by atoms with E-state index in [-0.39, 0.29) is 0 Å². The zero-order valence-electron chi connectivity index (χ0n) is 26.7. The summed E-state index contributed by atoms with van der Waals surface area (Å²) in [4.78, 5) is 14.8. The van der Waals surface area contributed by atoms with Gasteiger partial charge in [-0.05, 0) is 29.8 Å². The van der Waals surface area contributed by atoms with Crippen LogP contribution in [0, 0.1) is 0 Å². The number of furan rings is 1. The Hall–Kier alpha value is -6.85. The fraction of sp³-hybridized carbons (Fsp3) is 0. The van der Waals surface area contributed by atoms with E-state index in [0.717, 1.165) is 49.8 Å². The Morgan fingerprint density at radius 2 is 0.940 bits per heavy atom. The second kappa shape index (κ2) is 10.3. The molecule has 0 spiro atoms. The van der Waals surface area contributed by atoms with Gasteiger partial charge in [0.15, 0.2) is 17.5 Å². The van der Waals surface area contributed by atoms with E-state index < -0.39 is 0 Å². The zero-order chi connectivity index (χ0) is 32.8. The van der Waals surface area contributed by atoms with E-state index in [1.54, 1.807) is 0 Å². The molecule has 0 aliphatic heterocycles. The van der Waals surface area contributed by atoms with Gasteiger partial charge in [0.05, 0.1) is 16.6 Å². The van der Waals surface area contributed by atoms with Crippen molar-refractivity contribution in [2.75, 3.05) is 0 Å². The number of aromatic nitrogens is 4. The van der Waals surface area contributed by atoms with Gasteiger partial charge in [0, 0.05) is 54.6 Å². The molecule has 0 atom stereocenters. The van der Waals surface area contributed by atoms with E-state index in [9.17, 15) is 0 Å². The molecule has 0 unspecified atom stereocenters. The number of hydrogen-bond donors (Lipinski definition) is 0. The standard InChI is InChI=1S/C45H26N4O/c1-3-13-27(14-4-1)43-46-44(28-15-5-2-6-16-28)48-45(47-43)30-18-11-17-29(25-30)31-21-12-22-34-39-38(50-42(31)34)26-35-32-19-7-9-23-36(32)49-37-24-10-8-20-33(37)40(39)41(35)49/h1-26H. The molecule has 4 aromatic heterocycles. The highest BCUT2D eigenvalue weighted by Gasteiger charge is 2.23. The van der Waals surface area contributed by atoms with E-state index in [0.29, 0.717) is 17.5 Å². The molecule has 0 aliphatic carbocycles. The zero-order valence-corrected chi connectivity index (χ0v) is 26.7. The largest absolute Gasteiger partial charge is 0.455 e. The van der Waals surface area contributed by atoms with Gasteiger partial charge in [-0.2, -0.15) is 0 Å². The molecular formula is C45H26N4O. The first-order valence-electron chi connectivity index (χ1n) is 16.8. The average molecular weight is 639 g/mol. The third kappa shape index (κ3) is 3.86. The van der Waals surface area contributed by atoms with Gasteiger partial charge in [-0.25, -0.2) is 15.0 Å². The summed E-state index contributed by atoms with van der Waals surface area (Å²) in [7, 11) is 0. The van der Waals surface area contributed by atoms with Gasteiger partial charge in [0.1, 0.15) is 11.2 Å². The Bertz CT molecular complexity index is 3030. The van der Waals surface area contributed by atoms with Crippen LogP contribution in [0.5, 0.6) is 0 Å². The maximum atomic E-state index is 6.89. The number of para-hydroxylation sites is 3. The van der Waals surface area contributed by atoms with E-state index in [1.807, 2.05) is 60.7 Å². The van der Waals surface area contributed by atoms with Crippen LogP contribution in [0.2, 0.25) is 0 Å². The number of nitrogens with zero attached hydrogens (tertiary/aromatic N) is 4. The van der Waals surface area contributed by atoms with Crippen LogP contribution >= 0.6 is 0 Å². The van der Waals surface area contributed by atoms with Crippen LogP contribution in [0.4, 0.5) is 0 Å². The fourth-order valence-electron chi connectivity index (χ4n) is 7.79. The number of rotatable bonds is 4. The second-order valence-electron chi connectivity index (χ2n) is 12.8. The lowest BCUT2D eigenvalue weighted by molar-refractivity contribution is 0.671. The molecule has 4 heterocycles. The molecule has 11 rings (SSSR count). The minimum absolute atomic E-state index is 0.622. The quantitative estimate of drug-likeness (QED) is 0.192. The second-order valence-corrected chi connectivity index (χ2v) is 12.8. The summed E-state index contributed by atoms with van der Waals surface area (Å²) in [5, 5.41) is 7.16. The van der Waals surface area contributed by atoms with Crippen molar-refractivity contribution in [3.63, 3.8) is 0 Å². The van der Waals surface area contributed by atoms with Crippen molar-refractivity contribution in [2.45, 2.75) is 0 Å². The summed E-state index contributed by atoms with van der Waals surface area (Å²) in [5.41, 5.74) is 10.3. The van der Waals surface area contributed by atoms with Crippen LogP contribution in [0.15, 0.2) is 162 Å². The molecule has 0 radical (unpaired) electrons. The first-order chi connectivity index (χ1) is 24.8. The Morgan fingerprint density at radius 1 is 0.400 bits per heavy atom. The monoisotopic (exact) mass is 638 g/mol. The molecule has 0 N–H and O–H groups in total. The van der Waals surface area contributed by atoms with Gasteiger partial charge in [0.25, 0.3) is 0 Å². The van der Waals surface area contributed by atoms with E-state index in [2.05, 4.69) is 101 Å². The Balaban J connectivity index is 1.14. The van der Waals surface area contributed by atoms with Crippen molar-refractivity contribution < 1.29 is 4.42 Å². The molecule has 7 aromatic carbocycles. The molecule has 232 valence electrons. The van der Waals surface area contributed by atoms with Gasteiger partial charge in [-0.1, -0.05) is 133 Å². The number of hydrogen-bond acceptors (Lipinski definition) is 4. The lowest BCUT2D eigenvalue weighted by atomic mass is 9.98. The first-order valence-corrected chi connectivity index (χ1v) is 16.8. The topological polar surface area (TPSA) is 56.2 Å². The van der Waals surface area contributed by atoms with E-state index in [1.165, 1.54) is 38.1 Å². The van der Waals surface area contributed by atoms with Crippen molar-refractivity contribution in [3.05, 3.63) is 158 Å². The summed E-state index contributed by atoms with van der Waals surface area (Å²) in [6.07, 6.45) is 0. The summed E-state index contributed by atoms with van der Waals surface area (Å²) in [5.74, 6) is 1.90. The third-order valence-corrected chi connectivity index (χ3v) is 9.96. The predicted octanol–water partition coefficient (Wildman–Crippen LogP) is 11.6. The molecule has 0 fully saturated rings. The summed E-state index contributed by atoms with van der Waals surface area (Å²) in [6.45, 7) is 0. The first kappa shape index (κ1) is 27.1. The highest BCUT2D eigenvalue weighted by atomic mass is 16.3. The van der Waals surface area contributed by atoms with E-state index >= 15 is 0 Å². The van der Waals surface area contributed by atoms with Gasteiger partial charge >= 0.3 is 0 Å². The minimum atomic E-state index is 0.622. The van der Waals surface area contributed by atoms with Crippen molar-refractivity contribution in [1.29, 1.82) is 0 Å². The molecule has 5 heteroatoms. The molecule has 11 aromatic rings. The van der Waals surface area contributed by atoms with Crippen LogP contribution in [0.25, 0.3) is 105 Å². The number of fused-ring (bicyclic) bond motifs is 10. The maximum absolute atomic E-state index is 6.89. The normalized spacial score (nSPS) is 12.0. The molecule has 0 saturated carbocycles. The smallest absolute Gasteiger partial charge is 0.164 e. The number of benzene rings is 7. The summed E-state index contributed by atoms with van der Waals surface area (Å²) >= 11 is 0. The molecule has 0 aliphatic rings. The van der Waals surface area contributed by atoms with Gasteiger partial charge in [-0.15, -0.1) is 0 Å². The van der Waals surface area contributed by atoms with Crippen LogP contribution in [0.1, 0.15) is 0 Å². The van der Waals surface area contributed by atoms with Crippen molar-refractivity contribution >= 4 is 60.0 Å².